The molecule has 134 valence electrons. The van der Waals surface area contributed by atoms with Gasteiger partial charge >= 0.3 is 0 Å². The van der Waals surface area contributed by atoms with E-state index in [1.807, 2.05) is 6.07 Å². The summed E-state index contributed by atoms with van der Waals surface area (Å²) in [6.07, 6.45) is 1.45. The van der Waals surface area contributed by atoms with Crippen LogP contribution >= 0.6 is 23.2 Å². The van der Waals surface area contributed by atoms with E-state index in [2.05, 4.69) is 5.32 Å². The molecule has 2 aromatic rings. The van der Waals surface area contributed by atoms with Crippen LogP contribution in [-0.4, -0.2) is 20.1 Å². The lowest BCUT2D eigenvalue weighted by molar-refractivity contribution is -0.117. The quantitative estimate of drug-likeness (QED) is 0.591. The number of amides is 1. The number of rotatable bonds is 6. The van der Waals surface area contributed by atoms with Crippen molar-refractivity contribution in [1.82, 2.24) is 5.32 Å². The van der Waals surface area contributed by atoms with Crippen LogP contribution in [0, 0.1) is 11.3 Å². The molecular formula is C19H16Cl2N2O3. The monoisotopic (exact) mass is 390 g/mol. The molecule has 2 rings (SSSR count). The summed E-state index contributed by atoms with van der Waals surface area (Å²) in [6.45, 7) is 0.201. The Morgan fingerprint density at radius 2 is 1.92 bits per heavy atom. The summed E-state index contributed by atoms with van der Waals surface area (Å²) in [5, 5.41) is 12.7. The van der Waals surface area contributed by atoms with Crippen LogP contribution in [0.4, 0.5) is 0 Å². The van der Waals surface area contributed by atoms with Gasteiger partial charge in [-0.25, -0.2) is 0 Å². The van der Waals surface area contributed by atoms with Gasteiger partial charge in [-0.05, 0) is 35.9 Å². The number of hydrogen-bond donors (Lipinski definition) is 1. The second kappa shape index (κ2) is 9.14. The van der Waals surface area contributed by atoms with Crippen molar-refractivity contribution in [2.75, 3.05) is 14.2 Å². The molecule has 0 saturated carbocycles. The highest BCUT2D eigenvalue weighted by Gasteiger charge is 2.11. The highest BCUT2D eigenvalue weighted by molar-refractivity contribution is 6.42. The third-order valence-electron chi connectivity index (χ3n) is 3.55. The Labute approximate surface area is 161 Å². The van der Waals surface area contributed by atoms with E-state index in [1.165, 1.54) is 13.2 Å². The first-order valence-corrected chi connectivity index (χ1v) is 8.30. The molecule has 0 aliphatic carbocycles. The zero-order chi connectivity index (χ0) is 19.1. The van der Waals surface area contributed by atoms with Crippen molar-refractivity contribution in [3.8, 4) is 17.6 Å². The molecule has 1 amide bonds. The van der Waals surface area contributed by atoms with Crippen LogP contribution in [0.5, 0.6) is 11.5 Å². The van der Waals surface area contributed by atoms with Gasteiger partial charge in [0.1, 0.15) is 23.1 Å². The topological polar surface area (TPSA) is 71.3 Å². The van der Waals surface area contributed by atoms with Crippen molar-refractivity contribution in [1.29, 1.82) is 5.26 Å². The van der Waals surface area contributed by atoms with E-state index in [0.29, 0.717) is 27.1 Å². The Bertz CT molecular complexity index is 889. The van der Waals surface area contributed by atoms with Gasteiger partial charge in [-0.2, -0.15) is 5.26 Å². The van der Waals surface area contributed by atoms with Crippen LogP contribution in [-0.2, 0) is 11.3 Å². The zero-order valence-electron chi connectivity index (χ0n) is 14.2. The fourth-order valence-electron chi connectivity index (χ4n) is 2.19. The third kappa shape index (κ3) is 4.92. The fourth-order valence-corrected chi connectivity index (χ4v) is 2.49. The number of nitriles is 1. The van der Waals surface area contributed by atoms with Crippen molar-refractivity contribution in [3.63, 3.8) is 0 Å². The molecule has 0 bridgehead atoms. The van der Waals surface area contributed by atoms with Crippen molar-refractivity contribution in [3.05, 3.63) is 63.1 Å². The van der Waals surface area contributed by atoms with Gasteiger partial charge in [-0.1, -0.05) is 29.3 Å². The number of nitrogens with zero attached hydrogens (tertiary/aromatic N) is 1. The van der Waals surface area contributed by atoms with Gasteiger partial charge in [0.05, 0.1) is 24.3 Å². The summed E-state index contributed by atoms with van der Waals surface area (Å²) < 4.78 is 10.4. The molecule has 0 aliphatic rings. The van der Waals surface area contributed by atoms with Gasteiger partial charge in [-0.15, -0.1) is 0 Å². The van der Waals surface area contributed by atoms with Crippen molar-refractivity contribution >= 4 is 35.2 Å². The largest absolute Gasteiger partial charge is 0.497 e. The minimum absolute atomic E-state index is 0.0455. The average molecular weight is 391 g/mol. The SMILES string of the molecule is COc1ccc(CNC(=O)/C(C#N)=C/c2ccc(Cl)c(Cl)c2)c(OC)c1. The number of carbonyl (C=O) groups excluding carboxylic acids is 1. The molecule has 2 aromatic carbocycles. The lowest BCUT2D eigenvalue weighted by atomic mass is 10.1. The summed E-state index contributed by atoms with van der Waals surface area (Å²) in [6, 6.07) is 12.0. The van der Waals surface area contributed by atoms with Gasteiger partial charge in [0.2, 0.25) is 0 Å². The molecule has 0 radical (unpaired) electrons. The minimum atomic E-state index is -0.503. The second-order valence-electron chi connectivity index (χ2n) is 5.20. The highest BCUT2D eigenvalue weighted by Crippen LogP contribution is 2.25. The Hall–Kier alpha value is -2.68. The van der Waals surface area contributed by atoms with Gasteiger partial charge in [0.15, 0.2) is 0 Å². The van der Waals surface area contributed by atoms with Gasteiger partial charge in [0, 0.05) is 18.2 Å². The van der Waals surface area contributed by atoms with Crippen LogP contribution in [0.25, 0.3) is 6.08 Å². The Balaban J connectivity index is 2.14. The highest BCUT2D eigenvalue weighted by atomic mass is 35.5. The van der Waals surface area contributed by atoms with Crippen LogP contribution in [0.15, 0.2) is 42.0 Å². The number of methoxy groups -OCH3 is 2. The van der Waals surface area contributed by atoms with Gasteiger partial charge < -0.3 is 14.8 Å². The number of hydrogen-bond acceptors (Lipinski definition) is 4. The lowest BCUT2D eigenvalue weighted by Crippen LogP contribution is -2.24. The van der Waals surface area contributed by atoms with Crippen LogP contribution in [0.1, 0.15) is 11.1 Å². The molecule has 0 heterocycles. The van der Waals surface area contributed by atoms with Gasteiger partial charge in [-0.3, -0.25) is 4.79 Å². The van der Waals surface area contributed by atoms with E-state index in [0.717, 1.165) is 5.56 Å². The van der Waals surface area contributed by atoms with Crippen molar-refractivity contribution in [2.24, 2.45) is 0 Å². The Kier molecular flexibility index (Phi) is 6.90. The summed E-state index contributed by atoms with van der Waals surface area (Å²) in [4.78, 5) is 12.3. The zero-order valence-corrected chi connectivity index (χ0v) is 15.7. The van der Waals surface area contributed by atoms with E-state index < -0.39 is 5.91 Å². The van der Waals surface area contributed by atoms with E-state index in [1.54, 1.807) is 43.5 Å². The number of halogens is 2. The summed E-state index contributed by atoms with van der Waals surface area (Å²) in [5.74, 6) is 0.724. The maximum atomic E-state index is 12.3. The lowest BCUT2D eigenvalue weighted by Gasteiger charge is -2.11. The first-order valence-electron chi connectivity index (χ1n) is 7.54. The summed E-state index contributed by atoms with van der Waals surface area (Å²) >= 11 is 11.8. The van der Waals surface area contributed by atoms with Crippen LogP contribution in [0.2, 0.25) is 10.0 Å². The molecule has 0 aliphatic heterocycles. The first kappa shape index (κ1) is 19.6. The molecule has 0 atom stereocenters. The number of ether oxygens (including phenoxy) is 2. The number of benzene rings is 2. The second-order valence-corrected chi connectivity index (χ2v) is 6.02. The van der Waals surface area contributed by atoms with Crippen molar-refractivity contribution < 1.29 is 14.3 Å². The molecule has 0 fully saturated rings. The predicted molar refractivity (Wildman–Crippen MR) is 101 cm³/mol. The molecule has 0 unspecified atom stereocenters. The molecule has 0 saturated heterocycles. The van der Waals surface area contributed by atoms with Crippen LogP contribution in [0.3, 0.4) is 0 Å². The fraction of sp³-hybridized carbons (Fsp3) is 0.158. The van der Waals surface area contributed by atoms with Crippen LogP contribution < -0.4 is 14.8 Å². The van der Waals surface area contributed by atoms with E-state index in [-0.39, 0.29) is 12.1 Å². The smallest absolute Gasteiger partial charge is 0.262 e. The van der Waals surface area contributed by atoms with E-state index >= 15 is 0 Å². The van der Waals surface area contributed by atoms with Crippen molar-refractivity contribution in [2.45, 2.75) is 6.54 Å². The Morgan fingerprint density at radius 1 is 1.15 bits per heavy atom. The van der Waals surface area contributed by atoms with E-state index in [4.69, 9.17) is 32.7 Å². The first-order chi connectivity index (χ1) is 12.5. The third-order valence-corrected chi connectivity index (χ3v) is 4.29. The minimum Gasteiger partial charge on any atom is -0.497 e. The van der Waals surface area contributed by atoms with E-state index in [9.17, 15) is 10.1 Å². The van der Waals surface area contributed by atoms with Gasteiger partial charge in [0.25, 0.3) is 5.91 Å². The summed E-state index contributed by atoms with van der Waals surface area (Å²) in [7, 11) is 3.09. The predicted octanol–water partition coefficient (Wildman–Crippen LogP) is 4.23. The summed E-state index contributed by atoms with van der Waals surface area (Å²) in [5.41, 5.74) is 1.32. The molecular weight excluding hydrogens is 375 g/mol. The molecule has 1 N–H and O–H groups in total. The molecule has 5 nitrogen and oxygen atoms in total. The maximum Gasteiger partial charge on any atom is 0.262 e. The Morgan fingerprint density at radius 3 is 2.54 bits per heavy atom. The standard InChI is InChI=1S/C19H16Cl2N2O3/c1-25-15-5-4-13(18(9-15)26-2)11-23-19(24)14(10-22)7-12-3-6-16(20)17(21)8-12/h3-9H,11H2,1-2H3,(H,23,24)/b14-7+. The number of nitrogens with one attached hydrogen (secondary N) is 1. The molecule has 26 heavy (non-hydrogen) atoms. The normalized spacial score (nSPS) is 10.8. The maximum absolute atomic E-state index is 12.3. The number of carbonyl (C=O) groups is 1. The average Bonchev–Trinajstić information content (AvgIpc) is 2.66. The molecule has 0 spiro atoms. The molecule has 7 heteroatoms. The molecule has 0 aromatic heterocycles.